The molecule has 3 amide bonds. The van der Waals surface area contributed by atoms with E-state index in [1.807, 2.05) is 5.32 Å². The second-order valence-electron chi connectivity index (χ2n) is 3.21. The molecule has 17 heavy (non-hydrogen) atoms. The van der Waals surface area contributed by atoms with Crippen molar-refractivity contribution in [1.82, 2.24) is 5.32 Å². The van der Waals surface area contributed by atoms with Crippen LogP contribution in [0.5, 0.6) is 0 Å². The molecular formula is C8H7N4O5+. The van der Waals surface area contributed by atoms with Gasteiger partial charge in [0.1, 0.15) is 17.2 Å². The first kappa shape index (κ1) is 10.9. The van der Waals surface area contributed by atoms with E-state index in [1.165, 1.54) is 12.1 Å². The van der Waals surface area contributed by atoms with Crippen molar-refractivity contribution in [1.29, 1.82) is 0 Å². The standard InChI is InChI=1S/C8H6N4O5/c13-6-4-11(8(14)10-6)9-3-5-1-2-7(17-5)12(15)16/h1-2H,3-4H2/p+1. The number of nitrogens with one attached hydrogen (secondary N) is 1. The molecule has 1 aromatic rings. The number of hydrogen-bond acceptors (Lipinski definition) is 6. The maximum Gasteiger partial charge on any atom is 0.519 e. The summed E-state index contributed by atoms with van der Waals surface area (Å²) in [6.45, 7) is -0.198. The third-order valence-corrected chi connectivity index (χ3v) is 2.00. The van der Waals surface area contributed by atoms with Crippen LogP contribution in [0.15, 0.2) is 21.7 Å². The normalized spacial score (nSPS) is 17.5. The fourth-order valence-corrected chi connectivity index (χ4v) is 1.25. The Bertz CT molecular complexity index is 532. The van der Waals surface area contributed by atoms with Crippen LogP contribution < -0.4 is 5.32 Å². The molecule has 0 unspecified atom stereocenters. The minimum Gasteiger partial charge on any atom is -0.404 e. The minimum absolute atomic E-state index is 0.0471. The number of amides is 3. The van der Waals surface area contributed by atoms with Crippen LogP contribution in [0.2, 0.25) is 0 Å². The van der Waals surface area contributed by atoms with Gasteiger partial charge in [0.25, 0.3) is 0 Å². The molecule has 2 rings (SSSR count). The van der Waals surface area contributed by atoms with Gasteiger partial charge in [0.15, 0.2) is 0 Å². The molecule has 0 bridgehead atoms. The molecule has 88 valence electrons. The van der Waals surface area contributed by atoms with Crippen LogP contribution >= 0.6 is 0 Å². The van der Waals surface area contributed by atoms with Crippen molar-refractivity contribution in [2.24, 2.45) is 5.11 Å². The lowest BCUT2D eigenvalue weighted by molar-refractivity contribution is -0.480. The highest BCUT2D eigenvalue weighted by atomic mass is 16.6. The summed E-state index contributed by atoms with van der Waals surface area (Å²) in [5.41, 5.74) is 0. The van der Waals surface area contributed by atoms with Gasteiger partial charge in [0.2, 0.25) is 6.54 Å². The van der Waals surface area contributed by atoms with Crippen molar-refractivity contribution in [3.05, 3.63) is 28.0 Å². The molecule has 1 fully saturated rings. The van der Waals surface area contributed by atoms with Crippen LogP contribution in [-0.4, -0.2) is 28.1 Å². The predicted molar refractivity (Wildman–Crippen MR) is 50.2 cm³/mol. The highest BCUT2D eigenvalue weighted by Crippen LogP contribution is 2.16. The molecule has 9 heteroatoms. The number of carbonyl (C=O) groups is 2. The fraction of sp³-hybridized carbons (Fsp3) is 0.250. The van der Waals surface area contributed by atoms with Crippen molar-refractivity contribution in [3.63, 3.8) is 0 Å². The van der Waals surface area contributed by atoms with E-state index in [9.17, 15) is 19.7 Å². The van der Waals surface area contributed by atoms with Gasteiger partial charge in [-0.25, -0.2) is 4.79 Å². The number of hydrogen-bond donors (Lipinski definition) is 1. The van der Waals surface area contributed by atoms with Gasteiger partial charge >= 0.3 is 17.8 Å². The average molecular weight is 239 g/mol. The number of carbonyl (C=O) groups excluding carboxylic acids is 2. The van der Waals surface area contributed by atoms with Crippen LogP contribution in [0, 0.1) is 10.1 Å². The number of azo groups is 2. The molecular weight excluding hydrogens is 232 g/mol. The zero-order valence-electron chi connectivity index (χ0n) is 8.45. The maximum atomic E-state index is 11.1. The fourth-order valence-electron chi connectivity index (χ4n) is 1.25. The lowest BCUT2D eigenvalue weighted by Crippen LogP contribution is -2.21. The number of imide groups is 1. The molecule has 1 aliphatic rings. The first-order valence-electron chi connectivity index (χ1n) is 4.58. The topological polar surface area (TPSA) is 118 Å². The van der Waals surface area contributed by atoms with Crippen molar-refractivity contribution in [2.45, 2.75) is 6.54 Å². The van der Waals surface area contributed by atoms with Crippen LogP contribution in [0.1, 0.15) is 5.76 Å². The van der Waals surface area contributed by atoms with Gasteiger partial charge in [0.05, 0.1) is 6.07 Å². The van der Waals surface area contributed by atoms with Gasteiger partial charge in [-0.3, -0.25) is 10.1 Å². The maximum absolute atomic E-state index is 11.1. The summed E-state index contributed by atoms with van der Waals surface area (Å²) in [7, 11) is 0. The first-order valence-corrected chi connectivity index (χ1v) is 4.58. The van der Waals surface area contributed by atoms with Crippen molar-refractivity contribution < 1.29 is 23.6 Å². The second kappa shape index (κ2) is 4.12. The molecule has 1 N–H and O–H groups in total. The van der Waals surface area contributed by atoms with Crippen LogP contribution in [-0.2, 0) is 11.3 Å². The summed E-state index contributed by atoms with van der Waals surface area (Å²) in [5, 5.41) is 16.2. The third-order valence-electron chi connectivity index (χ3n) is 2.00. The monoisotopic (exact) mass is 239 g/mol. The van der Waals surface area contributed by atoms with E-state index >= 15 is 0 Å². The number of urea groups is 1. The van der Waals surface area contributed by atoms with E-state index in [2.05, 4.69) is 5.11 Å². The van der Waals surface area contributed by atoms with E-state index in [0.29, 0.717) is 0 Å². The molecule has 0 saturated carbocycles. The summed E-state index contributed by atoms with van der Waals surface area (Å²) < 4.78 is 5.77. The second-order valence-corrected chi connectivity index (χ2v) is 3.21. The number of nitrogens with zero attached hydrogens (tertiary/aromatic N) is 3. The Labute approximate surface area is 93.9 Å². The Balaban J connectivity index is 2.06. The third kappa shape index (κ3) is 2.33. The van der Waals surface area contributed by atoms with Crippen LogP contribution in [0.25, 0.3) is 0 Å². The van der Waals surface area contributed by atoms with E-state index in [-0.39, 0.29) is 18.8 Å². The largest absolute Gasteiger partial charge is 0.519 e. The van der Waals surface area contributed by atoms with Gasteiger partial charge in [-0.2, -0.15) is 10.1 Å². The molecule has 1 saturated heterocycles. The Morgan fingerprint density at radius 1 is 1.53 bits per heavy atom. The first-order chi connectivity index (χ1) is 8.06. The van der Waals surface area contributed by atoms with Gasteiger partial charge in [-0.1, -0.05) is 4.70 Å². The zero-order chi connectivity index (χ0) is 12.4. The van der Waals surface area contributed by atoms with Crippen LogP contribution in [0.4, 0.5) is 10.7 Å². The van der Waals surface area contributed by atoms with E-state index in [0.717, 1.165) is 4.70 Å². The highest BCUT2D eigenvalue weighted by Gasteiger charge is 2.33. The number of furan rings is 1. The van der Waals surface area contributed by atoms with Gasteiger partial charge in [-0.05, 0) is 6.07 Å². The van der Waals surface area contributed by atoms with Crippen molar-refractivity contribution in [2.75, 3.05) is 6.54 Å². The molecule has 0 atom stereocenters. The van der Waals surface area contributed by atoms with Crippen LogP contribution in [0.3, 0.4) is 0 Å². The highest BCUT2D eigenvalue weighted by molar-refractivity contribution is 5.95. The SMILES string of the molecule is O=C1C[N+](=NCc2ccc([N+](=O)[O-])o2)C(=O)N1. The summed E-state index contributed by atoms with van der Waals surface area (Å²) in [5.74, 6) is -0.592. The van der Waals surface area contributed by atoms with E-state index in [1.54, 1.807) is 0 Å². The lowest BCUT2D eigenvalue weighted by atomic mass is 10.4. The molecule has 1 aliphatic heterocycles. The van der Waals surface area contributed by atoms with Crippen molar-refractivity contribution >= 4 is 17.8 Å². The predicted octanol–water partition coefficient (Wildman–Crippen LogP) is 0.402. The Morgan fingerprint density at radius 3 is 2.82 bits per heavy atom. The van der Waals surface area contributed by atoms with E-state index < -0.39 is 22.7 Å². The smallest absolute Gasteiger partial charge is 0.404 e. The molecule has 0 spiro atoms. The van der Waals surface area contributed by atoms with Gasteiger partial charge < -0.3 is 4.42 Å². The Hall–Kier alpha value is -2.58. The molecule has 0 radical (unpaired) electrons. The molecule has 9 nitrogen and oxygen atoms in total. The Kier molecular flexibility index (Phi) is 2.65. The summed E-state index contributed by atoms with van der Waals surface area (Å²) >= 11 is 0. The van der Waals surface area contributed by atoms with Gasteiger partial charge in [-0.15, -0.1) is 5.11 Å². The van der Waals surface area contributed by atoms with E-state index in [4.69, 9.17) is 4.42 Å². The molecule has 2 heterocycles. The molecule has 1 aromatic heterocycles. The van der Waals surface area contributed by atoms with Gasteiger partial charge in [0, 0.05) is 0 Å². The quantitative estimate of drug-likeness (QED) is 0.354. The zero-order valence-corrected chi connectivity index (χ0v) is 8.45. The van der Waals surface area contributed by atoms with Crippen molar-refractivity contribution in [3.8, 4) is 0 Å². The molecule has 0 aliphatic carbocycles. The lowest BCUT2D eigenvalue weighted by Gasteiger charge is -1.88. The molecule has 0 aromatic carbocycles. The summed E-state index contributed by atoms with van der Waals surface area (Å²) in [6.07, 6.45) is 0. The number of nitro groups is 1. The summed E-state index contributed by atoms with van der Waals surface area (Å²) in [6, 6.07) is 1.97. The summed E-state index contributed by atoms with van der Waals surface area (Å²) in [4.78, 5) is 31.6. The average Bonchev–Trinajstić information content (AvgIpc) is 2.82. The Morgan fingerprint density at radius 2 is 2.29 bits per heavy atom. The minimum atomic E-state index is -0.671. The number of rotatable bonds is 3.